The fraction of sp³-hybridized carbons (Fsp3) is 0.625. The molecule has 102 valence electrons. The largest absolute Gasteiger partial charge is 0.311 e. The van der Waals surface area contributed by atoms with E-state index in [1.165, 1.54) is 16.7 Å². The number of likely N-dealkylation sites (N-methyl/N-ethyl adjacent to an activating group) is 1. The second-order valence-corrected chi connectivity index (χ2v) is 6.27. The van der Waals surface area contributed by atoms with Crippen LogP contribution in [0.25, 0.3) is 0 Å². The molecule has 0 amide bonds. The van der Waals surface area contributed by atoms with Crippen molar-refractivity contribution in [2.75, 3.05) is 20.1 Å². The average molecular weight is 248 g/mol. The van der Waals surface area contributed by atoms with Crippen LogP contribution in [0.3, 0.4) is 0 Å². The van der Waals surface area contributed by atoms with Crippen LogP contribution in [0.4, 0.5) is 0 Å². The number of aryl methyl sites for hydroxylation is 1. The van der Waals surface area contributed by atoms with Gasteiger partial charge in [-0.25, -0.2) is 0 Å². The summed E-state index contributed by atoms with van der Waals surface area (Å²) < 4.78 is 0. The maximum atomic E-state index is 3.52. The van der Waals surface area contributed by atoms with Gasteiger partial charge in [-0.15, -0.1) is 0 Å². The molecule has 0 atom stereocenters. The molecule has 18 heavy (non-hydrogen) atoms. The van der Waals surface area contributed by atoms with Gasteiger partial charge in [0.15, 0.2) is 0 Å². The first kappa shape index (κ1) is 15.2. The average Bonchev–Trinajstić information content (AvgIpc) is 2.23. The molecule has 0 spiro atoms. The molecule has 0 aliphatic heterocycles. The second-order valence-electron chi connectivity index (χ2n) is 6.27. The quantitative estimate of drug-likeness (QED) is 0.861. The van der Waals surface area contributed by atoms with E-state index in [0.29, 0.717) is 0 Å². The minimum absolute atomic E-state index is 0.208. The second kappa shape index (κ2) is 6.35. The molecule has 0 saturated carbocycles. The Labute approximate surface area is 112 Å². The van der Waals surface area contributed by atoms with Crippen molar-refractivity contribution in [3.05, 3.63) is 34.9 Å². The molecule has 0 fully saturated rings. The van der Waals surface area contributed by atoms with Crippen molar-refractivity contribution in [3.8, 4) is 0 Å². The predicted octanol–water partition coefficient (Wildman–Crippen LogP) is 3.12. The lowest BCUT2D eigenvalue weighted by molar-refractivity contribution is 0.303. The molecule has 1 aromatic rings. The van der Waals surface area contributed by atoms with Crippen LogP contribution in [-0.2, 0) is 6.54 Å². The van der Waals surface area contributed by atoms with Crippen molar-refractivity contribution in [2.45, 2.75) is 46.7 Å². The third kappa shape index (κ3) is 5.19. The summed E-state index contributed by atoms with van der Waals surface area (Å²) in [6, 6.07) is 6.56. The summed E-state index contributed by atoms with van der Waals surface area (Å²) in [5.41, 5.74) is 4.45. The molecule has 0 bridgehead atoms. The van der Waals surface area contributed by atoms with Crippen molar-refractivity contribution in [1.82, 2.24) is 10.2 Å². The molecular formula is C16H28N2. The zero-order valence-electron chi connectivity index (χ0n) is 12.8. The van der Waals surface area contributed by atoms with E-state index in [4.69, 9.17) is 0 Å². The van der Waals surface area contributed by atoms with E-state index in [0.717, 1.165) is 19.6 Å². The van der Waals surface area contributed by atoms with E-state index in [1.807, 2.05) is 0 Å². The van der Waals surface area contributed by atoms with Gasteiger partial charge in [-0.05, 0) is 58.4 Å². The predicted molar refractivity (Wildman–Crippen MR) is 80.0 cm³/mol. The zero-order valence-corrected chi connectivity index (χ0v) is 12.8. The van der Waals surface area contributed by atoms with Crippen molar-refractivity contribution in [3.63, 3.8) is 0 Å². The molecule has 0 aromatic heterocycles. The van der Waals surface area contributed by atoms with Gasteiger partial charge in [0.25, 0.3) is 0 Å². The van der Waals surface area contributed by atoms with Crippen LogP contribution >= 0.6 is 0 Å². The van der Waals surface area contributed by atoms with Gasteiger partial charge in [0.1, 0.15) is 0 Å². The topological polar surface area (TPSA) is 15.3 Å². The molecule has 0 heterocycles. The van der Waals surface area contributed by atoms with Crippen LogP contribution < -0.4 is 5.32 Å². The van der Waals surface area contributed by atoms with Gasteiger partial charge in [0.2, 0.25) is 0 Å². The first-order valence-corrected chi connectivity index (χ1v) is 6.78. The van der Waals surface area contributed by atoms with E-state index in [-0.39, 0.29) is 5.54 Å². The number of nitrogens with zero attached hydrogens (tertiary/aromatic N) is 1. The van der Waals surface area contributed by atoms with Gasteiger partial charge in [0.05, 0.1) is 0 Å². The molecule has 1 N–H and O–H groups in total. The summed E-state index contributed by atoms with van der Waals surface area (Å²) in [6.07, 6.45) is 0. The van der Waals surface area contributed by atoms with Crippen LogP contribution in [0.15, 0.2) is 18.2 Å². The van der Waals surface area contributed by atoms with Crippen molar-refractivity contribution in [2.24, 2.45) is 0 Å². The normalized spacial score (nSPS) is 12.2. The van der Waals surface area contributed by atoms with Gasteiger partial charge >= 0.3 is 0 Å². The fourth-order valence-corrected chi connectivity index (χ4v) is 1.97. The Morgan fingerprint density at radius 2 is 1.83 bits per heavy atom. The summed E-state index contributed by atoms with van der Waals surface area (Å²) in [7, 11) is 2.19. The number of rotatable bonds is 5. The number of hydrogen-bond acceptors (Lipinski definition) is 2. The smallest absolute Gasteiger partial charge is 0.0233 e. The highest BCUT2D eigenvalue weighted by molar-refractivity contribution is 5.32. The lowest BCUT2D eigenvalue weighted by atomic mass is 10.0. The van der Waals surface area contributed by atoms with Crippen molar-refractivity contribution < 1.29 is 0 Å². The highest BCUT2D eigenvalue weighted by Crippen LogP contribution is 2.14. The van der Waals surface area contributed by atoms with Gasteiger partial charge in [-0.3, -0.25) is 0 Å². The first-order chi connectivity index (χ1) is 8.29. The zero-order chi connectivity index (χ0) is 13.8. The molecule has 1 aromatic carbocycles. The molecule has 0 saturated heterocycles. The minimum Gasteiger partial charge on any atom is -0.311 e. The summed E-state index contributed by atoms with van der Waals surface area (Å²) in [5.74, 6) is 0. The molecule has 1 rings (SSSR count). The van der Waals surface area contributed by atoms with E-state index in [9.17, 15) is 0 Å². The Hall–Kier alpha value is -0.860. The molecule has 2 heteroatoms. The molecule has 2 nitrogen and oxygen atoms in total. The fourth-order valence-electron chi connectivity index (χ4n) is 1.97. The maximum absolute atomic E-state index is 3.52. The molecular weight excluding hydrogens is 220 g/mol. The number of benzene rings is 1. The molecule has 0 radical (unpaired) electrons. The third-order valence-corrected chi connectivity index (χ3v) is 3.31. The maximum Gasteiger partial charge on any atom is 0.0233 e. The number of nitrogens with one attached hydrogen (secondary N) is 1. The summed E-state index contributed by atoms with van der Waals surface area (Å²) >= 11 is 0. The number of hydrogen-bond donors (Lipinski definition) is 1. The van der Waals surface area contributed by atoms with E-state index >= 15 is 0 Å². The highest BCUT2D eigenvalue weighted by atomic mass is 15.1. The summed E-state index contributed by atoms with van der Waals surface area (Å²) in [4.78, 5) is 2.38. The van der Waals surface area contributed by atoms with E-state index < -0.39 is 0 Å². The lowest BCUT2D eigenvalue weighted by Crippen LogP contribution is -2.40. The van der Waals surface area contributed by atoms with Crippen LogP contribution in [0, 0.1) is 13.8 Å². The van der Waals surface area contributed by atoms with Gasteiger partial charge in [-0.1, -0.05) is 18.2 Å². The van der Waals surface area contributed by atoms with E-state index in [1.54, 1.807) is 0 Å². The molecule has 0 aliphatic rings. The van der Waals surface area contributed by atoms with Crippen molar-refractivity contribution in [1.29, 1.82) is 0 Å². The molecule has 0 unspecified atom stereocenters. The monoisotopic (exact) mass is 248 g/mol. The molecule has 0 aliphatic carbocycles. The summed E-state index contributed by atoms with van der Waals surface area (Å²) in [6.45, 7) is 14.1. The van der Waals surface area contributed by atoms with Gasteiger partial charge in [0, 0.05) is 25.2 Å². The summed E-state index contributed by atoms with van der Waals surface area (Å²) in [5, 5.41) is 3.52. The lowest BCUT2D eigenvalue weighted by Gasteiger charge is -2.24. The van der Waals surface area contributed by atoms with Crippen molar-refractivity contribution >= 4 is 0 Å². The van der Waals surface area contributed by atoms with Crippen LogP contribution in [0.5, 0.6) is 0 Å². The Morgan fingerprint density at radius 3 is 2.44 bits per heavy atom. The first-order valence-electron chi connectivity index (χ1n) is 6.78. The van der Waals surface area contributed by atoms with Crippen LogP contribution in [0.1, 0.15) is 37.5 Å². The van der Waals surface area contributed by atoms with Crippen LogP contribution in [-0.4, -0.2) is 30.6 Å². The van der Waals surface area contributed by atoms with E-state index in [2.05, 4.69) is 70.1 Å². The minimum atomic E-state index is 0.208. The third-order valence-electron chi connectivity index (χ3n) is 3.31. The highest BCUT2D eigenvalue weighted by Gasteiger charge is 2.09. The Kier molecular flexibility index (Phi) is 5.36. The Bertz CT molecular complexity index is 377. The standard InChI is InChI=1S/C16H28N2/c1-13-8-7-9-15(14(13)2)12-18(6)11-10-17-16(3,4)5/h7-9,17H,10-12H2,1-6H3. The van der Waals surface area contributed by atoms with Crippen LogP contribution in [0.2, 0.25) is 0 Å². The van der Waals surface area contributed by atoms with Gasteiger partial charge < -0.3 is 10.2 Å². The SMILES string of the molecule is Cc1cccc(CN(C)CCNC(C)(C)C)c1C. The Morgan fingerprint density at radius 1 is 1.17 bits per heavy atom. The Balaban J connectivity index is 2.45. The van der Waals surface area contributed by atoms with Gasteiger partial charge in [-0.2, -0.15) is 0 Å².